The molecule has 2 bridgehead atoms. The molecule has 0 heterocycles. The molecule has 0 radical (unpaired) electrons. The van der Waals surface area contributed by atoms with Crippen molar-refractivity contribution < 1.29 is 18.0 Å². The van der Waals surface area contributed by atoms with E-state index in [2.05, 4.69) is 15.9 Å². The third kappa shape index (κ3) is 3.03. The van der Waals surface area contributed by atoms with Gasteiger partial charge in [0.1, 0.15) is 0 Å². The number of hydrogen-bond donors (Lipinski definition) is 0. The van der Waals surface area contributed by atoms with Crippen molar-refractivity contribution in [2.75, 3.05) is 0 Å². The van der Waals surface area contributed by atoms with Gasteiger partial charge in [-0.2, -0.15) is 13.2 Å². The molecule has 3 rings (SSSR count). The Labute approximate surface area is 130 Å². The minimum atomic E-state index is -4.44. The van der Waals surface area contributed by atoms with Crippen molar-refractivity contribution >= 4 is 21.7 Å². The molecular weight excluding hydrogens is 345 g/mol. The molecule has 21 heavy (non-hydrogen) atoms. The second-order valence-electron chi connectivity index (χ2n) is 6.25. The predicted molar refractivity (Wildman–Crippen MR) is 77.0 cm³/mol. The molecule has 3 atom stereocenters. The van der Waals surface area contributed by atoms with Gasteiger partial charge in [0.2, 0.25) is 0 Å². The Bertz CT molecular complexity index is 567. The van der Waals surface area contributed by atoms with Crippen LogP contribution < -0.4 is 0 Å². The second-order valence-corrected chi connectivity index (χ2v) is 7.11. The molecule has 0 spiro atoms. The van der Waals surface area contributed by atoms with Crippen LogP contribution in [0.3, 0.4) is 0 Å². The largest absolute Gasteiger partial charge is 0.417 e. The summed E-state index contributed by atoms with van der Waals surface area (Å²) in [6.45, 7) is 0. The number of alkyl halides is 3. The van der Waals surface area contributed by atoms with E-state index in [-0.39, 0.29) is 15.8 Å². The molecule has 2 fully saturated rings. The van der Waals surface area contributed by atoms with E-state index < -0.39 is 11.7 Å². The van der Waals surface area contributed by atoms with E-state index in [1.54, 1.807) is 0 Å². The van der Waals surface area contributed by atoms with Crippen LogP contribution in [0.5, 0.6) is 0 Å². The third-order valence-corrected chi connectivity index (χ3v) is 5.62. The van der Waals surface area contributed by atoms with Crippen LogP contribution in [0.1, 0.15) is 48.0 Å². The van der Waals surface area contributed by atoms with Crippen LogP contribution in [0.15, 0.2) is 22.7 Å². The Morgan fingerprint density at radius 2 is 2.00 bits per heavy atom. The number of Topliss-reactive ketones (excluding diaryl/α,β-unsaturated/α-hetero) is 1. The van der Waals surface area contributed by atoms with Crippen molar-refractivity contribution in [3.63, 3.8) is 0 Å². The first-order chi connectivity index (χ1) is 9.84. The maximum atomic E-state index is 12.9. The molecule has 1 aromatic rings. The van der Waals surface area contributed by atoms with Crippen molar-refractivity contribution in [1.82, 2.24) is 0 Å². The smallest absolute Gasteiger partial charge is 0.294 e. The number of rotatable bonds is 3. The zero-order valence-electron chi connectivity index (χ0n) is 11.4. The molecule has 1 nitrogen and oxygen atoms in total. The fourth-order valence-corrected chi connectivity index (χ4v) is 4.37. The number of ketones is 1. The van der Waals surface area contributed by atoms with E-state index in [9.17, 15) is 18.0 Å². The monoisotopic (exact) mass is 360 g/mol. The molecule has 3 unspecified atom stereocenters. The van der Waals surface area contributed by atoms with Crippen LogP contribution in [0, 0.1) is 17.8 Å². The Morgan fingerprint density at radius 1 is 1.24 bits per heavy atom. The number of fused-ring (bicyclic) bond motifs is 2. The quantitative estimate of drug-likeness (QED) is 0.652. The summed E-state index contributed by atoms with van der Waals surface area (Å²) in [6, 6.07) is 3.77. The standard InChI is InChI=1S/C16H16BrF3O/c17-14-4-3-11(7-13(14)16(18,19)20)15(21)8-12-6-9-1-2-10(12)5-9/h3-4,7,9-10,12H,1-2,5-6,8H2. The van der Waals surface area contributed by atoms with E-state index in [1.165, 1.54) is 31.4 Å². The summed E-state index contributed by atoms with van der Waals surface area (Å²) in [7, 11) is 0. The average Bonchev–Trinajstić information content (AvgIpc) is 3.00. The number of carbonyl (C=O) groups excluding carboxylic acids is 1. The number of benzene rings is 1. The molecule has 0 saturated heterocycles. The lowest BCUT2D eigenvalue weighted by molar-refractivity contribution is -0.138. The molecular formula is C16H16BrF3O. The third-order valence-electron chi connectivity index (χ3n) is 4.93. The van der Waals surface area contributed by atoms with Gasteiger partial charge in [-0.3, -0.25) is 4.79 Å². The fourth-order valence-electron chi connectivity index (χ4n) is 3.90. The Kier molecular flexibility index (Phi) is 3.89. The first kappa shape index (κ1) is 15.1. The summed E-state index contributed by atoms with van der Waals surface area (Å²) in [5.74, 6) is 1.56. The zero-order valence-corrected chi connectivity index (χ0v) is 13.0. The van der Waals surface area contributed by atoms with E-state index in [0.29, 0.717) is 18.3 Å². The molecule has 2 aliphatic rings. The summed E-state index contributed by atoms with van der Waals surface area (Å²) in [4.78, 5) is 12.3. The first-order valence-electron chi connectivity index (χ1n) is 7.24. The van der Waals surface area contributed by atoms with Gasteiger partial charge in [-0.25, -0.2) is 0 Å². The van der Waals surface area contributed by atoms with E-state index in [4.69, 9.17) is 0 Å². The van der Waals surface area contributed by atoms with Crippen LogP contribution in [0.2, 0.25) is 0 Å². The van der Waals surface area contributed by atoms with Crippen LogP contribution in [0.4, 0.5) is 13.2 Å². The van der Waals surface area contributed by atoms with Gasteiger partial charge >= 0.3 is 6.18 Å². The SMILES string of the molecule is O=C(CC1CC2CCC1C2)c1ccc(Br)c(C(F)(F)F)c1. The molecule has 0 N–H and O–H groups in total. The second kappa shape index (κ2) is 5.41. The summed E-state index contributed by atoms with van der Waals surface area (Å²) < 4.78 is 38.6. The predicted octanol–water partition coefficient (Wildman–Crippen LogP) is 5.48. The van der Waals surface area contributed by atoms with Gasteiger partial charge in [0.15, 0.2) is 5.78 Å². The molecule has 5 heteroatoms. The Balaban J connectivity index is 1.76. The molecule has 0 aromatic heterocycles. The number of carbonyl (C=O) groups is 1. The van der Waals surface area contributed by atoms with Crippen LogP contribution in [-0.2, 0) is 6.18 Å². The highest BCUT2D eigenvalue weighted by atomic mass is 79.9. The highest BCUT2D eigenvalue weighted by Gasteiger charge is 2.40. The Morgan fingerprint density at radius 3 is 2.57 bits per heavy atom. The average molecular weight is 361 g/mol. The maximum Gasteiger partial charge on any atom is 0.417 e. The van der Waals surface area contributed by atoms with Gasteiger partial charge in [0, 0.05) is 16.5 Å². The van der Waals surface area contributed by atoms with Crippen LogP contribution in [-0.4, -0.2) is 5.78 Å². The van der Waals surface area contributed by atoms with Gasteiger partial charge in [-0.15, -0.1) is 0 Å². The van der Waals surface area contributed by atoms with Gasteiger partial charge in [-0.05, 0) is 49.1 Å². The van der Waals surface area contributed by atoms with Crippen molar-refractivity contribution in [3.8, 4) is 0 Å². The molecule has 2 saturated carbocycles. The van der Waals surface area contributed by atoms with Crippen molar-refractivity contribution in [2.24, 2.45) is 17.8 Å². The Hall–Kier alpha value is -0.840. The van der Waals surface area contributed by atoms with Gasteiger partial charge < -0.3 is 0 Å². The highest BCUT2D eigenvalue weighted by Crippen LogP contribution is 2.49. The van der Waals surface area contributed by atoms with Crippen molar-refractivity contribution in [1.29, 1.82) is 0 Å². The minimum Gasteiger partial charge on any atom is -0.294 e. The highest BCUT2D eigenvalue weighted by molar-refractivity contribution is 9.10. The summed E-state index contributed by atoms with van der Waals surface area (Å²) in [6.07, 6.45) is 0.648. The number of hydrogen-bond acceptors (Lipinski definition) is 1. The van der Waals surface area contributed by atoms with Crippen LogP contribution in [0.25, 0.3) is 0 Å². The normalized spacial score (nSPS) is 28.1. The van der Waals surface area contributed by atoms with E-state index in [1.807, 2.05) is 0 Å². The summed E-state index contributed by atoms with van der Waals surface area (Å²) in [5.41, 5.74) is -0.602. The van der Waals surface area contributed by atoms with Crippen LogP contribution >= 0.6 is 15.9 Å². The van der Waals surface area contributed by atoms with Crippen molar-refractivity contribution in [3.05, 3.63) is 33.8 Å². The molecule has 114 valence electrons. The molecule has 0 aliphatic heterocycles. The first-order valence-corrected chi connectivity index (χ1v) is 8.04. The lowest BCUT2D eigenvalue weighted by atomic mass is 9.84. The van der Waals surface area contributed by atoms with Gasteiger partial charge in [-0.1, -0.05) is 28.4 Å². The van der Waals surface area contributed by atoms with Crippen molar-refractivity contribution in [2.45, 2.75) is 38.3 Å². The fraction of sp³-hybridized carbons (Fsp3) is 0.562. The number of halogens is 4. The molecule has 0 amide bonds. The summed E-state index contributed by atoms with van der Waals surface area (Å²) in [5, 5.41) is 0. The zero-order chi connectivity index (χ0) is 15.2. The van der Waals surface area contributed by atoms with Gasteiger partial charge in [0.05, 0.1) is 5.56 Å². The van der Waals surface area contributed by atoms with Gasteiger partial charge in [0.25, 0.3) is 0 Å². The molecule has 2 aliphatic carbocycles. The topological polar surface area (TPSA) is 17.1 Å². The van der Waals surface area contributed by atoms with E-state index in [0.717, 1.165) is 18.4 Å². The summed E-state index contributed by atoms with van der Waals surface area (Å²) >= 11 is 2.90. The lowest BCUT2D eigenvalue weighted by Crippen LogP contribution is -2.16. The minimum absolute atomic E-state index is 0.0218. The molecule has 1 aromatic carbocycles. The maximum absolute atomic E-state index is 12.9. The lowest BCUT2D eigenvalue weighted by Gasteiger charge is -2.21. The van der Waals surface area contributed by atoms with E-state index >= 15 is 0 Å².